The summed E-state index contributed by atoms with van der Waals surface area (Å²) in [6.45, 7) is -0.168. The first kappa shape index (κ1) is 18.8. The standard InChI is InChI=1S/C19H25FN2O4/c1-21-18(25)22(17(24)19(21)9-5-2-6-10-19)11-15(23)13-26-12-14-7-3-4-8-16(14)20/h3-4,7-8,15,23H,2,5-6,9-13H2,1H3/t15-/m0/s1. The molecule has 1 aliphatic carbocycles. The van der Waals surface area contributed by atoms with Crippen molar-refractivity contribution in [2.75, 3.05) is 20.2 Å². The topological polar surface area (TPSA) is 70.1 Å². The zero-order chi connectivity index (χ0) is 18.7. The number of nitrogens with zero attached hydrogens (tertiary/aromatic N) is 2. The van der Waals surface area contributed by atoms with Crippen molar-refractivity contribution in [1.82, 2.24) is 9.80 Å². The number of imide groups is 1. The van der Waals surface area contributed by atoms with Gasteiger partial charge in [-0.25, -0.2) is 9.18 Å². The van der Waals surface area contributed by atoms with Crippen molar-refractivity contribution in [3.05, 3.63) is 35.6 Å². The summed E-state index contributed by atoms with van der Waals surface area (Å²) in [5, 5.41) is 10.2. The quantitative estimate of drug-likeness (QED) is 0.787. The molecule has 2 fully saturated rings. The average molecular weight is 364 g/mol. The molecular formula is C19H25FN2O4. The Morgan fingerprint density at radius 2 is 1.92 bits per heavy atom. The lowest BCUT2D eigenvalue weighted by molar-refractivity contribution is -0.135. The van der Waals surface area contributed by atoms with Crippen LogP contribution in [-0.2, 0) is 16.1 Å². The Kier molecular flexibility index (Phi) is 5.58. The highest BCUT2D eigenvalue weighted by Gasteiger charge is 2.55. The number of benzene rings is 1. The van der Waals surface area contributed by atoms with E-state index in [1.807, 2.05) is 0 Å². The summed E-state index contributed by atoms with van der Waals surface area (Å²) >= 11 is 0. The molecule has 1 saturated carbocycles. The van der Waals surface area contributed by atoms with Crippen LogP contribution in [-0.4, -0.2) is 58.7 Å². The molecule has 0 radical (unpaired) electrons. The van der Waals surface area contributed by atoms with Gasteiger partial charge in [-0.2, -0.15) is 0 Å². The predicted molar refractivity (Wildman–Crippen MR) is 92.8 cm³/mol. The van der Waals surface area contributed by atoms with Gasteiger partial charge in [0.15, 0.2) is 0 Å². The molecule has 1 saturated heterocycles. The molecule has 6 nitrogen and oxygen atoms in total. The molecule has 1 heterocycles. The molecular weight excluding hydrogens is 339 g/mol. The minimum atomic E-state index is -1.01. The fourth-order valence-corrected chi connectivity index (χ4v) is 3.88. The van der Waals surface area contributed by atoms with Crippen molar-refractivity contribution in [3.8, 4) is 0 Å². The number of aliphatic hydroxyl groups is 1. The number of amides is 3. The lowest BCUT2D eigenvalue weighted by Gasteiger charge is -2.35. The number of rotatable bonds is 6. The molecule has 142 valence electrons. The lowest BCUT2D eigenvalue weighted by atomic mass is 9.81. The van der Waals surface area contributed by atoms with Crippen LogP contribution in [0.5, 0.6) is 0 Å². The van der Waals surface area contributed by atoms with E-state index in [4.69, 9.17) is 4.74 Å². The number of urea groups is 1. The molecule has 1 aromatic rings. The summed E-state index contributed by atoms with van der Waals surface area (Å²) in [6, 6.07) is 5.88. The third-order valence-electron chi connectivity index (χ3n) is 5.40. The van der Waals surface area contributed by atoms with Gasteiger partial charge in [0.2, 0.25) is 0 Å². The van der Waals surface area contributed by atoms with Crippen LogP contribution in [0.1, 0.15) is 37.7 Å². The molecule has 1 N–H and O–H groups in total. The van der Waals surface area contributed by atoms with Crippen molar-refractivity contribution in [3.63, 3.8) is 0 Å². The van der Waals surface area contributed by atoms with E-state index >= 15 is 0 Å². The Bertz CT molecular complexity index is 675. The number of likely N-dealkylation sites (N-methyl/N-ethyl adjacent to an activating group) is 1. The smallest absolute Gasteiger partial charge is 0.327 e. The molecule has 3 rings (SSSR count). The third kappa shape index (κ3) is 3.46. The van der Waals surface area contributed by atoms with E-state index < -0.39 is 11.6 Å². The number of hydrogen-bond acceptors (Lipinski definition) is 4. The van der Waals surface area contributed by atoms with E-state index in [-0.39, 0.29) is 37.5 Å². The van der Waals surface area contributed by atoms with Crippen LogP contribution in [0.3, 0.4) is 0 Å². The number of carbonyl (C=O) groups is 2. The fourth-order valence-electron chi connectivity index (χ4n) is 3.88. The van der Waals surface area contributed by atoms with Crippen molar-refractivity contribution in [2.45, 2.75) is 50.4 Å². The second-order valence-corrected chi connectivity index (χ2v) is 7.11. The van der Waals surface area contributed by atoms with Gasteiger partial charge in [0.1, 0.15) is 11.4 Å². The summed E-state index contributed by atoms with van der Waals surface area (Å²) in [7, 11) is 1.66. The average Bonchev–Trinajstić information content (AvgIpc) is 2.80. The van der Waals surface area contributed by atoms with Crippen LogP contribution in [0.15, 0.2) is 24.3 Å². The zero-order valence-corrected chi connectivity index (χ0v) is 15.0. The number of halogens is 1. The van der Waals surface area contributed by atoms with Crippen molar-refractivity contribution in [1.29, 1.82) is 0 Å². The maximum absolute atomic E-state index is 13.5. The van der Waals surface area contributed by atoms with Gasteiger partial charge in [-0.05, 0) is 18.9 Å². The second-order valence-electron chi connectivity index (χ2n) is 7.11. The molecule has 1 aliphatic heterocycles. The minimum Gasteiger partial charge on any atom is -0.389 e. The van der Waals surface area contributed by atoms with Gasteiger partial charge in [0, 0.05) is 12.6 Å². The molecule has 1 spiro atoms. The van der Waals surface area contributed by atoms with Crippen LogP contribution in [0.4, 0.5) is 9.18 Å². The lowest BCUT2D eigenvalue weighted by Crippen LogP contribution is -2.49. The van der Waals surface area contributed by atoms with Crippen LogP contribution in [0, 0.1) is 5.82 Å². The second kappa shape index (κ2) is 7.72. The highest BCUT2D eigenvalue weighted by Crippen LogP contribution is 2.39. The highest BCUT2D eigenvalue weighted by atomic mass is 19.1. The minimum absolute atomic E-state index is 0.0233. The number of aliphatic hydroxyl groups excluding tert-OH is 1. The van der Waals surface area contributed by atoms with E-state index in [0.29, 0.717) is 18.4 Å². The molecule has 1 atom stereocenters. The number of ether oxygens (including phenoxy) is 1. The van der Waals surface area contributed by atoms with Gasteiger partial charge in [-0.3, -0.25) is 9.69 Å². The zero-order valence-electron chi connectivity index (χ0n) is 15.0. The predicted octanol–water partition coefficient (Wildman–Crippen LogP) is 2.30. The van der Waals surface area contributed by atoms with Crippen LogP contribution < -0.4 is 0 Å². The molecule has 7 heteroatoms. The Balaban J connectivity index is 1.55. The van der Waals surface area contributed by atoms with Gasteiger partial charge in [-0.15, -0.1) is 0 Å². The van der Waals surface area contributed by atoms with Crippen molar-refractivity contribution >= 4 is 11.9 Å². The maximum Gasteiger partial charge on any atom is 0.327 e. The first-order chi connectivity index (χ1) is 12.5. The Morgan fingerprint density at radius 1 is 1.23 bits per heavy atom. The SMILES string of the molecule is CN1C(=O)N(C[C@H](O)COCc2ccccc2F)C(=O)C12CCCCC2. The molecule has 3 amide bonds. The largest absolute Gasteiger partial charge is 0.389 e. The summed E-state index contributed by atoms with van der Waals surface area (Å²) < 4.78 is 18.9. The highest BCUT2D eigenvalue weighted by molar-refractivity contribution is 6.07. The van der Waals surface area contributed by atoms with Crippen molar-refractivity contribution in [2.24, 2.45) is 0 Å². The van der Waals surface area contributed by atoms with Crippen LogP contribution in [0.25, 0.3) is 0 Å². The van der Waals surface area contributed by atoms with Gasteiger partial charge in [0.05, 0.1) is 25.9 Å². The Hall–Kier alpha value is -1.99. The summed E-state index contributed by atoms with van der Waals surface area (Å²) in [4.78, 5) is 28.0. The van der Waals surface area contributed by atoms with Gasteiger partial charge in [0.25, 0.3) is 5.91 Å². The first-order valence-corrected chi connectivity index (χ1v) is 9.05. The van der Waals surface area contributed by atoms with Gasteiger partial charge in [-0.1, -0.05) is 37.5 Å². The summed E-state index contributed by atoms with van der Waals surface area (Å²) in [6.07, 6.45) is 3.25. The van der Waals surface area contributed by atoms with E-state index in [1.165, 1.54) is 11.0 Å². The van der Waals surface area contributed by atoms with Gasteiger partial charge < -0.3 is 14.7 Å². The molecule has 2 aliphatic rings. The number of hydrogen-bond donors (Lipinski definition) is 1. The molecule has 0 aromatic heterocycles. The maximum atomic E-state index is 13.5. The normalized spacial score (nSPS) is 20.9. The fraction of sp³-hybridized carbons (Fsp3) is 0.579. The van der Waals surface area contributed by atoms with Gasteiger partial charge >= 0.3 is 6.03 Å². The first-order valence-electron chi connectivity index (χ1n) is 9.05. The van der Waals surface area contributed by atoms with E-state index in [2.05, 4.69) is 0 Å². The molecule has 0 bridgehead atoms. The number of carbonyl (C=O) groups excluding carboxylic acids is 2. The summed E-state index contributed by atoms with van der Waals surface area (Å²) in [5.74, 6) is -0.592. The molecule has 0 unspecified atom stereocenters. The monoisotopic (exact) mass is 364 g/mol. The van der Waals surface area contributed by atoms with Crippen LogP contribution in [0.2, 0.25) is 0 Å². The Morgan fingerprint density at radius 3 is 2.62 bits per heavy atom. The van der Waals surface area contributed by atoms with Crippen molar-refractivity contribution < 1.29 is 23.8 Å². The molecule has 1 aromatic carbocycles. The van der Waals surface area contributed by atoms with E-state index in [0.717, 1.165) is 24.2 Å². The Labute approximate surface area is 152 Å². The number of β-amino-alcohol motifs (C(OH)–C–C–N with tert-alkyl or cyclic N) is 1. The molecule has 26 heavy (non-hydrogen) atoms. The van der Waals surface area contributed by atoms with Crippen LogP contribution >= 0.6 is 0 Å². The third-order valence-corrected chi connectivity index (χ3v) is 5.40. The van der Waals surface area contributed by atoms with E-state index in [9.17, 15) is 19.1 Å². The summed E-state index contributed by atoms with van der Waals surface area (Å²) in [5.41, 5.74) is -0.350. The van der Waals surface area contributed by atoms with E-state index in [1.54, 1.807) is 25.2 Å².